The third-order valence-corrected chi connectivity index (χ3v) is 5.77. The fraction of sp³-hybridized carbons (Fsp3) is 0.278. The molecule has 27 heavy (non-hydrogen) atoms. The zero-order valence-electron chi connectivity index (χ0n) is 14.4. The van der Waals surface area contributed by atoms with E-state index < -0.39 is 21.8 Å². The maximum absolute atomic E-state index is 12.8. The summed E-state index contributed by atoms with van der Waals surface area (Å²) in [6.45, 7) is 2.31. The summed E-state index contributed by atoms with van der Waals surface area (Å²) in [6.07, 6.45) is -3.94. The first kappa shape index (κ1) is 19.2. The second-order valence-corrected chi connectivity index (χ2v) is 7.99. The molecule has 0 unspecified atom stereocenters. The first-order valence-electron chi connectivity index (χ1n) is 8.14. The number of alkyl halides is 3. The molecule has 0 radical (unpaired) electrons. The lowest BCUT2D eigenvalue weighted by molar-refractivity contribution is -0.137. The second kappa shape index (κ2) is 6.88. The van der Waals surface area contributed by atoms with Crippen LogP contribution in [0.1, 0.15) is 23.6 Å². The van der Waals surface area contributed by atoms with Gasteiger partial charge in [-0.05, 0) is 47.9 Å². The van der Waals surface area contributed by atoms with Gasteiger partial charge in [-0.1, -0.05) is 12.1 Å². The molecule has 0 fully saturated rings. The summed E-state index contributed by atoms with van der Waals surface area (Å²) in [5.74, 6) is -0.101. The van der Waals surface area contributed by atoms with Crippen molar-refractivity contribution in [2.24, 2.45) is 0 Å². The lowest BCUT2D eigenvalue weighted by atomic mass is 10.00. The van der Waals surface area contributed by atoms with Gasteiger partial charge in [0.15, 0.2) is 0 Å². The van der Waals surface area contributed by atoms with E-state index in [0.717, 1.165) is 23.8 Å². The Kier molecular flexibility index (Phi) is 4.90. The Bertz CT molecular complexity index is 988. The van der Waals surface area contributed by atoms with Crippen LogP contribution >= 0.6 is 0 Å². The van der Waals surface area contributed by atoms with E-state index in [4.69, 9.17) is 0 Å². The number of rotatable bonds is 3. The SMILES string of the molecule is CC(=O)N1CCc2ccc(S(=O)(=O)Nc3cccc(C(F)(F)F)c3)cc2C1. The van der Waals surface area contributed by atoms with Crippen LogP contribution in [0.4, 0.5) is 18.9 Å². The lowest BCUT2D eigenvalue weighted by Crippen LogP contribution is -2.34. The predicted octanol–water partition coefficient (Wildman–Crippen LogP) is 3.41. The van der Waals surface area contributed by atoms with Crippen molar-refractivity contribution in [1.82, 2.24) is 4.90 Å². The monoisotopic (exact) mass is 398 g/mol. The molecule has 1 N–H and O–H groups in total. The summed E-state index contributed by atoms with van der Waals surface area (Å²) >= 11 is 0. The smallest absolute Gasteiger partial charge is 0.338 e. The van der Waals surface area contributed by atoms with Gasteiger partial charge in [-0.3, -0.25) is 9.52 Å². The molecule has 2 aromatic rings. The van der Waals surface area contributed by atoms with Gasteiger partial charge in [0.25, 0.3) is 10.0 Å². The molecule has 0 saturated carbocycles. The highest BCUT2D eigenvalue weighted by Gasteiger charge is 2.31. The van der Waals surface area contributed by atoms with Gasteiger partial charge >= 0.3 is 6.18 Å². The summed E-state index contributed by atoms with van der Waals surface area (Å²) in [5.41, 5.74) is 0.548. The number of benzene rings is 2. The molecule has 0 aliphatic carbocycles. The van der Waals surface area contributed by atoms with Crippen molar-refractivity contribution in [3.8, 4) is 0 Å². The summed E-state index contributed by atoms with van der Waals surface area (Å²) in [4.78, 5) is 13.1. The third kappa shape index (κ3) is 4.24. The molecule has 3 rings (SSSR count). The Morgan fingerprint density at radius 2 is 1.85 bits per heavy atom. The number of halogens is 3. The van der Waals surface area contributed by atoms with Crippen molar-refractivity contribution in [2.75, 3.05) is 11.3 Å². The Morgan fingerprint density at radius 1 is 1.11 bits per heavy atom. The van der Waals surface area contributed by atoms with Crippen molar-refractivity contribution >= 4 is 21.6 Å². The van der Waals surface area contributed by atoms with Crippen LogP contribution in [0.3, 0.4) is 0 Å². The van der Waals surface area contributed by atoms with Crippen LogP contribution in [-0.4, -0.2) is 25.8 Å². The second-order valence-electron chi connectivity index (χ2n) is 6.31. The third-order valence-electron chi connectivity index (χ3n) is 4.39. The maximum Gasteiger partial charge on any atom is 0.416 e. The zero-order valence-corrected chi connectivity index (χ0v) is 15.2. The average Bonchev–Trinajstić information content (AvgIpc) is 2.59. The topological polar surface area (TPSA) is 66.5 Å². The number of nitrogens with one attached hydrogen (secondary N) is 1. The molecule has 1 aliphatic heterocycles. The van der Waals surface area contributed by atoms with E-state index in [1.165, 1.54) is 25.1 Å². The molecule has 144 valence electrons. The Labute approximate surface area is 154 Å². The number of anilines is 1. The summed E-state index contributed by atoms with van der Waals surface area (Å²) in [5, 5.41) is 0. The standard InChI is InChI=1S/C18H17F3N2O3S/c1-12(24)23-8-7-13-5-6-17(9-14(13)11-23)27(25,26)22-16-4-2-3-15(10-16)18(19,20)21/h2-6,9-10,22H,7-8,11H2,1H3. The van der Waals surface area contributed by atoms with Gasteiger partial charge in [0.1, 0.15) is 0 Å². The van der Waals surface area contributed by atoms with Crippen LogP contribution in [-0.2, 0) is 34.0 Å². The number of sulfonamides is 1. The molecular formula is C18H17F3N2O3S. The zero-order chi connectivity index (χ0) is 19.8. The molecule has 1 heterocycles. The van der Waals surface area contributed by atoms with Gasteiger partial charge < -0.3 is 4.90 Å². The van der Waals surface area contributed by atoms with Gasteiger partial charge in [0.2, 0.25) is 5.91 Å². The number of carbonyl (C=O) groups excluding carboxylic acids is 1. The predicted molar refractivity (Wildman–Crippen MR) is 93.5 cm³/mol. The summed E-state index contributed by atoms with van der Waals surface area (Å²) in [6, 6.07) is 8.55. The Hall–Kier alpha value is -2.55. The van der Waals surface area contributed by atoms with E-state index >= 15 is 0 Å². The van der Waals surface area contributed by atoms with Crippen LogP contribution in [0.15, 0.2) is 47.4 Å². The van der Waals surface area contributed by atoms with E-state index in [1.54, 1.807) is 11.0 Å². The fourth-order valence-corrected chi connectivity index (χ4v) is 4.04. The van der Waals surface area contributed by atoms with Gasteiger partial charge in [-0.15, -0.1) is 0 Å². The van der Waals surface area contributed by atoms with Crippen molar-refractivity contribution in [3.05, 3.63) is 59.2 Å². The summed E-state index contributed by atoms with van der Waals surface area (Å²) in [7, 11) is -4.07. The van der Waals surface area contributed by atoms with E-state index in [2.05, 4.69) is 4.72 Å². The molecule has 0 spiro atoms. The number of amides is 1. The van der Waals surface area contributed by atoms with Crippen LogP contribution in [0.2, 0.25) is 0 Å². The van der Waals surface area contributed by atoms with E-state index in [0.29, 0.717) is 25.1 Å². The van der Waals surface area contributed by atoms with Crippen LogP contribution < -0.4 is 4.72 Å². The minimum atomic E-state index is -4.57. The van der Waals surface area contributed by atoms with Crippen molar-refractivity contribution in [1.29, 1.82) is 0 Å². The molecular weight excluding hydrogens is 381 g/mol. The highest BCUT2D eigenvalue weighted by molar-refractivity contribution is 7.92. The number of hydrogen-bond acceptors (Lipinski definition) is 3. The minimum absolute atomic E-state index is 0.0657. The molecule has 0 aromatic heterocycles. The fourth-order valence-electron chi connectivity index (χ4n) is 2.94. The molecule has 9 heteroatoms. The molecule has 5 nitrogen and oxygen atoms in total. The quantitative estimate of drug-likeness (QED) is 0.862. The van der Waals surface area contributed by atoms with Crippen molar-refractivity contribution in [3.63, 3.8) is 0 Å². The molecule has 0 saturated heterocycles. The number of fused-ring (bicyclic) bond motifs is 1. The molecule has 0 atom stereocenters. The van der Waals surface area contributed by atoms with E-state index in [9.17, 15) is 26.4 Å². The molecule has 0 bridgehead atoms. The number of hydrogen-bond donors (Lipinski definition) is 1. The Balaban J connectivity index is 1.88. The van der Waals surface area contributed by atoms with E-state index in [-0.39, 0.29) is 16.5 Å². The minimum Gasteiger partial charge on any atom is -0.338 e. The van der Waals surface area contributed by atoms with E-state index in [1.807, 2.05) is 0 Å². The average molecular weight is 398 g/mol. The van der Waals surface area contributed by atoms with Crippen molar-refractivity contribution < 1.29 is 26.4 Å². The first-order valence-corrected chi connectivity index (χ1v) is 9.62. The highest BCUT2D eigenvalue weighted by atomic mass is 32.2. The maximum atomic E-state index is 12.8. The largest absolute Gasteiger partial charge is 0.416 e. The first-order chi connectivity index (χ1) is 12.6. The molecule has 1 aliphatic rings. The Morgan fingerprint density at radius 3 is 2.52 bits per heavy atom. The van der Waals surface area contributed by atoms with Gasteiger partial charge in [-0.25, -0.2) is 8.42 Å². The number of carbonyl (C=O) groups is 1. The van der Waals surface area contributed by atoms with Crippen LogP contribution in [0, 0.1) is 0 Å². The van der Waals surface area contributed by atoms with Gasteiger partial charge in [0.05, 0.1) is 10.5 Å². The summed E-state index contributed by atoms with van der Waals surface area (Å²) < 4.78 is 65.8. The molecule has 2 aromatic carbocycles. The normalized spacial score (nSPS) is 14.6. The number of nitrogens with zero attached hydrogens (tertiary/aromatic N) is 1. The van der Waals surface area contributed by atoms with Gasteiger partial charge in [-0.2, -0.15) is 13.2 Å². The lowest BCUT2D eigenvalue weighted by Gasteiger charge is -2.28. The van der Waals surface area contributed by atoms with Crippen LogP contribution in [0.5, 0.6) is 0 Å². The van der Waals surface area contributed by atoms with Crippen LogP contribution in [0.25, 0.3) is 0 Å². The van der Waals surface area contributed by atoms with Gasteiger partial charge in [0, 0.05) is 25.7 Å². The van der Waals surface area contributed by atoms with Crippen molar-refractivity contribution in [2.45, 2.75) is 31.0 Å². The highest BCUT2D eigenvalue weighted by Crippen LogP contribution is 2.31. The molecule has 1 amide bonds.